The van der Waals surface area contributed by atoms with E-state index in [9.17, 15) is 4.39 Å². The van der Waals surface area contributed by atoms with Gasteiger partial charge in [-0.3, -0.25) is 0 Å². The maximum Gasteiger partial charge on any atom is 0.188 e. The van der Waals surface area contributed by atoms with E-state index in [0.29, 0.717) is 0 Å². The van der Waals surface area contributed by atoms with Crippen LogP contribution in [0.5, 0.6) is 5.75 Å². The second-order valence-corrected chi connectivity index (χ2v) is 5.02. The van der Waals surface area contributed by atoms with E-state index < -0.39 is 0 Å². The third-order valence-corrected chi connectivity index (χ3v) is 3.63. The average Bonchev–Trinajstić information content (AvgIpc) is 2.81. The fourth-order valence-corrected chi connectivity index (χ4v) is 2.66. The molecule has 0 aliphatic carbocycles. The first-order valence-corrected chi connectivity index (χ1v) is 6.53. The molecule has 0 aliphatic heterocycles. The van der Waals surface area contributed by atoms with E-state index in [4.69, 9.17) is 4.74 Å². The molecule has 96 valence electrons. The lowest BCUT2D eigenvalue weighted by atomic mass is 10.3. The highest BCUT2D eigenvalue weighted by molar-refractivity contribution is 7.22. The molecule has 0 aliphatic rings. The second-order valence-electron chi connectivity index (χ2n) is 3.98. The summed E-state index contributed by atoms with van der Waals surface area (Å²) in [4.78, 5) is 4.40. The van der Waals surface area contributed by atoms with Gasteiger partial charge < -0.3 is 10.1 Å². The van der Waals surface area contributed by atoms with Gasteiger partial charge >= 0.3 is 0 Å². The first-order chi connectivity index (χ1) is 9.24. The van der Waals surface area contributed by atoms with E-state index in [1.165, 1.54) is 23.5 Å². The van der Waals surface area contributed by atoms with Crippen LogP contribution in [0.1, 0.15) is 0 Å². The molecule has 2 aromatic carbocycles. The number of rotatable bonds is 3. The Labute approximate surface area is 113 Å². The zero-order valence-corrected chi connectivity index (χ0v) is 11.0. The average molecular weight is 274 g/mol. The Hall–Kier alpha value is -2.14. The van der Waals surface area contributed by atoms with Crippen molar-refractivity contribution in [2.45, 2.75) is 0 Å². The molecule has 0 bridgehead atoms. The summed E-state index contributed by atoms with van der Waals surface area (Å²) in [5, 5.41) is 3.93. The van der Waals surface area contributed by atoms with E-state index in [-0.39, 0.29) is 5.82 Å². The minimum absolute atomic E-state index is 0.243. The summed E-state index contributed by atoms with van der Waals surface area (Å²) < 4.78 is 19.0. The van der Waals surface area contributed by atoms with Crippen LogP contribution in [0.2, 0.25) is 0 Å². The van der Waals surface area contributed by atoms with E-state index >= 15 is 0 Å². The Morgan fingerprint density at radius 3 is 2.68 bits per heavy atom. The van der Waals surface area contributed by atoms with Gasteiger partial charge in [0.25, 0.3) is 0 Å². The number of halogens is 1. The van der Waals surface area contributed by atoms with Gasteiger partial charge in [0.1, 0.15) is 11.6 Å². The molecule has 5 heteroatoms. The second kappa shape index (κ2) is 4.85. The van der Waals surface area contributed by atoms with E-state index in [1.54, 1.807) is 13.2 Å². The van der Waals surface area contributed by atoms with Gasteiger partial charge in [-0.2, -0.15) is 0 Å². The molecular weight excluding hydrogens is 263 g/mol. The molecule has 0 spiro atoms. The summed E-state index contributed by atoms with van der Waals surface area (Å²) in [6, 6.07) is 12.1. The van der Waals surface area contributed by atoms with E-state index in [2.05, 4.69) is 10.3 Å². The summed E-state index contributed by atoms with van der Waals surface area (Å²) in [7, 11) is 1.63. The lowest BCUT2D eigenvalue weighted by molar-refractivity contribution is 0.415. The number of nitrogens with zero attached hydrogens (tertiary/aromatic N) is 1. The minimum atomic E-state index is -0.243. The lowest BCUT2D eigenvalue weighted by Crippen LogP contribution is -1.89. The molecule has 3 aromatic rings. The molecule has 19 heavy (non-hydrogen) atoms. The molecule has 3 rings (SSSR count). The van der Waals surface area contributed by atoms with Crippen molar-refractivity contribution in [3.8, 4) is 5.75 Å². The maximum absolute atomic E-state index is 13.1. The molecule has 0 atom stereocenters. The highest BCUT2D eigenvalue weighted by Crippen LogP contribution is 2.29. The standard InChI is InChI=1S/C14H11FN2OS/c1-18-11-5-3-10(4-6-11)16-14-17-12-7-2-9(15)8-13(12)19-14/h2-8H,1H3,(H,16,17). The van der Waals surface area contributed by atoms with Crippen molar-refractivity contribution < 1.29 is 9.13 Å². The SMILES string of the molecule is COc1ccc(Nc2nc3ccc(F)cc3s2)cc1. The predicted molar refractivity (Wildman–Crippen MR) is 75.9 cm³/mol. The lowest BCUT2D eigenvalue weighted by Gasteiger charge is -2.03. The van der Waals surface area contributed by atoms with Crippen molar-refractivity contribution in [2.24, 2.45) is 0 Å². The normalized spacial score (nSPS) is 10.6. The number of methoxy groups -OCH3 is 1. The van der Waals surface area contributed by atoms with Gasteiger partial charge in [-0.1, -0.05) is 11.3 Å². The molecule has 0 fully saturated rings. The highest BCUT2D eigenvalue weighted by Gasteiger charge is 2.05. The summed E-state index contributed by atoms with van der Waals surface area (Å²) in [6.07, 6.45) is 0. The topological polar surface area (TPSA) is 34.1 Å². The van der Waals surface area contributed by atoms with Crippen LogP contribution in [-0.2, 0) is 0 Å². The van der Waals surface area contributed by atoms with Crippen LogP contribution in [0.25, 0.3) is 10.2 Å². The summed E-state index contributed by atoms with van der Waals surface area (Å²) in [5.41, 5.74) is 1.71. The van der Waals surface area contributed by atoms with E-state index in [0.717, 1.165) is 26.8 Å². The number of nitrogens with one attached hydrogen (secondary N) is 1. The minimum Gasteiger partial charge on any atom is -0.497 e. The highest BCUT2D eigenvalue weighted by atomic mass is 32.1. The molecule has 0 unspecified atom stereocenters. The Morgan fingerprint density at radius 2 is 1.95 bits per heavy atom. The number of aromatic nitrogens is 1. The maximum atomic E-state index is 13.1. The number of thiazole rings is 1. The summed E-state index contributed by atoms with van der Waals surface area (Å²) in [6.45, 7) is 0. The zero-order chi connectivity index (χ0) is 13.2. The summed E-state index contributed by atoms with van der Waals surface area (Å²) >= 11 is 1.42. The van der Waals surface area contributed by atoms with Crippen molar-refractivity contribution in [3.05, 3.63) is 48.3 Å². The van der Waals surface area contributed by atoms with Crippen molar-refractivity contribution in [2.75, 3.05) is 12.4 Å². The van der Waals surface area contributed by atoms with Gasteiger partial charge in [-0.05, 0) is 42.5 Å². The zero-order valence-electron chi connectivity index (χ0n) is 10.2. The number of ether oxygens (including phenoxy) is 1. The Morgan fingerprint density at radius 1 is 1.16 bits per heavy atom. The first-order valence-electron chi connectivity index (χ1n) is 5.72. The van der Waals surface area contributed by atoms with Gasteiger partial charge in [0.2, 0.25) is 0 Å². The fourth-order valence-electron chi connectivity index (χ4n) is 1.75. The van der Waals surface area contributed by atoms with Crippen LogP contribution in [-0.4, -0.2) is 12.1 Å². The molecule has 3 nitrogen and oxygen atoms in total. The van der Waals surface area contributed by atoms with Gasteiger partial charge in [0.15, 0.2) is 5.13 Å². The number of hydrogen-bond acceptors (Lipinski definition) is 4. The van der Waals surface area contributed by atoms with Gasteiger partial charge in [-0.15, -0.1) is 0 Å². The smallest absolute Gasteiger partial charge is 0.188 e. The number of fused-ring (bicyclic) bond motifs is 1. The van der Waals surface area contributed by atoms with Gasteiger partial charge in [-0.25, -0.2) is 9.37 Å². The Kier molecular flexibility index (Phi) is 3.05. The van der Waals surface area contributed by atoms with Crippen molar-refractivity contribution >= 4 is 32.4 Å². The third-order valence-electron chi connectivity index (χ3n) is 2.69. The Balaban J connectivity index is 1.87. The van der Waals surface area contributed by atoms with Gasteiger partial charge in [0, 0.05) is 5.69 Å². The molecular formula is C14H11FN2OS. The van der Waals surface area contributed by atoms with E-state index in [1.807, 2.05) is 24.3 Å². The number of hydrogen-bond donors (Lipinski definition) is 1. The third kappa shape index (κ3) is 2.51. The first kappa shape index (κ1) is 11.9. The molecule has 1 aromatic heterocycles. The number of anilines is 2. The largest absolute Gasteiger partial charge is 0.497 e. The quantitative estimate of drug-likeness (QED) is 0.777. The molecule has 1 heterocycles. The number of benzene rings is 2. The molecule has 1 N–H and O–H groups in total. The predicted octanol–water partition coefficient (Wildman–Crippen LogP) is 4.19. The monoisotopic (exact) mass is 274 g/mol. The van der Waals surface area contributed by atoms with Crippen LogP contribution in [0.15, 0.2) is 42.5 Å². The van der Waals surface area contributed by atoms with Crippen LogP contribution >= 0.6 is 11.3 Å². The molecule has 0 saturated carbocycles. The van der Waals surface area contributed by atoms with Crippen LogP contribution in [0, 0.1) is 5.82 Å². The van der Waals surface area contributed by atoms with Gasteiger partial charge in [0.05, 0.1) is 17.3 Å². The van der Waals surface area contributed by atoms with Crippen LogP contribution in [0.4, 0.5) is 15.2 Å². The summed E-state index contributed by atoms with van der Waals surface area (Å²) in [5.74, 6) is 0.559. The van der Waals surface area contributed by atoms with Crippen molar-refractivity contribution in [1.29, 1.82) is 0 Å². The van der Waals surface area contributed by atoms with Crippen LogP contribution < -0.4 is 10.1 Å². The molecule has 0 saturated heterocycles. The molecule has 0 radical (unpaired) electrons. The van der Waals surface area contributed by atoms with Crippen molar-refractivity contribution in [3.63, 3.8) is 0 Å². The fraction of sp³-hybridized carbons (Fsp3) is 0.0714. The van der Waals surface area contributed by atoms with Crippen LogP contribution in [0.3, 0.4) is 0 Å². The van der Waals surface area contributed by atoms with Crippen molar-refractivity contribution in [1.82, 2.24) is 4.98 Å². The Bertz CT molecular complexity index is 709. The molecule has 0 amide bonds.